The van der Waals surface area contributed by atoms with Crippen molar-refractivity contribution in [2.45, 2.75) is 19.9 Å². The number of rotatable bonds is 10. The third-order valence-corrected chi connectivity index (χ3v) is 5.68. The van der Waals surface area contributed by atoms with Crippen molar-refractivity contribution >= 4 is 17.4 Å². The van der Waals surface area contributed by atoms with Crippen LogP contribution in [0.4, 0.5) is 0 Å². The fraction of sp³-hybridized carbons (Fsp3) is 0.308. The van der Waals surface area contributed by atoms with E-state index in [9.17, 15) is 14.7 Å². The van der Waals surface area contributed by atoms with Gasteiger partial charge in [-0.25, -0.2) is 0 Å². The monoisotopic (exact) mass is 434 g/mol. The number of aliphatic hydroxyl groups is 1. The Morgan fingerprint density at radius 1 is 1.12 bits per heavy atom. The predicted octanol–water partition coefficient (Wildman–Crippen LogP) is 4.01. The smallest absolute Gasteiger partial charge is 0.295 e. The third-order valence-electron chi connectivity index (χ3n) is 5.68. The zero-order valence-corrected chi connectivity index (χ0v) is 18.7. The second-order valence-electron chi connectivity index (χ2n) is 7.56. The van der Waals surface area contributed by atoms with Crippen LogP contribution >= 0.6 is 0 Å². The summed E-state index contributed by atoms with van der Waals surface area (Å²) in [6, 6.07) is 15.4. The Hall–Kier alpha value is -3.38. The van der Waals surface area contributed by atoms with Crippen LogP contribution in [0.25, 0.3) is 5.76 Å². The lowest BCUT2D eigenvalue weighted by molar-refractivity contribution is -0.140. The number of carbonyl (C=O) groups excluding carboxylic acids is 2. The predicted molar refractivity (Wildman–Crippen MR) is 125 cm³/mol. The van der Waals surface area contributed by atoms with Gasteiger partial charge in [-0.05, 0) is 30.8 Å². The maximum Gasteiger partial charge on any atom is 0.295 e. The molecule has 1 fully saturated rings. The molecule has 1 aliphatic rings. The van der Waals surface area contributed by atoms with Gasteiger partial charge >= 0.3 is 0 Å². The second-order valence-corrected chi connectivity index (χ2v) is 7.56. The molecule has 0 saturated carbocycles. The Balaban J connectivity index is 2.08. The van der Waals surface area contributed by atoms with E-state index >= 15 is 0 Å². The molecule has 1 aliphatic heterocycles. The Morgan fingerprint density at radius 2 is 1.84 bits per heavy atom. The molecule has 168 valence electrons. The van der Waals surface area contributed by atoms with Crippen LogP contribution < -0.4 is 4.74 Å². The highest BCUT2D eigenvalue weighted by atomic mass is 16.5. The van der Waals surface area contributed by atoms with Gasteiger partial charge in [-0.2, -0.15) is 0 Å². The minimum absolute atomic E-state index is 0.0987. The molecule has 2 aromatic rings. The highest BCUT2D eigenvalue weighted by Gasteiger charge is 2.46. The largest absolute Gasteiger partial charge is 0.507 e. The molecule has 3 rings (SSSR count). The van der Waals surface area contributed by atoms with Crippen LogP contribution in [0.3, 0.4) is 0 Å². The number of nitrogens with zero attached hydrogens (tertiary/aromatic N) is 2. The molecule has 0 spiro atoms. The molecule has 1 saturated heterocycles. The summed E-state index contributed by atoms with van der Waals surface area (Å²) in [5.41, 5.74) is 1.31. The molecule has 0 aromatic heterocycles. The van der Waals surface area contributed by atoms with Crippen molar-refractivity contribution in [3.63, 3.8) is 0 Å². The van der Waals surface area contributed by atoms with Crippen LogP contribution in [-0.2, 0) is 9.59 Å². The lowest BCUT2D eigenvalue weighted by Gasteiger charge is -2.28. The second kappa shape index (κ2) is 10.8. The standard InChI is InChI=1S/C26H30N2O4/c1-4-17-32-21-14-10-13-20(18-21)23-22(24(29)19-11-8-7-9-12-19)25(30)26(31)28(23)16-15-27(5-2)6-3/h4,7-14,18,23,29H,1,5-6,15-17H2,2-3H3/b24-22+. The SMILES string of the molecule is C=CCOc1cccc(C2/C(=C(\O)c3ccccc3)C(=O)C(=O)N2CCN(CC)CC)c1. The van der Waals surface area contributed by atoms with Crippen LogP contribution in [-0.4, -0.2) is 59.4 Å². The van der Waals surface area contributed by atoms with Crippen LogP contribution in [0.2, 0.25) is 0 Å². The summed E-state index contributed by atoms with van der Waals surface area (Å²) in [6.45, 7) is 10.8. The minimum Gasteiger partial charge on any atom is -0.507 e. The first-order valence-electron chi connectivity index (χ1n) is 10.9. The fourth-order valence-corrected chi connectivity index (χ4v) is 3.93. The quantitative estimate of drug-likeness (QED) is 0.265. The molecule has 2 aromatic carbocycles. The van der Waals surface area contributed by atoms with E-state index in [1.165, 1.54) is 0 Å². The van der Waals surface area contributed by atoms with Gasteiger partial charge in [0.15, 0.2) is 0 Å². The highest BCUT2D eigenvalue weighted by molar-refractivity contribution is 6.46. The van der Waals surface area contributed by atoms with Gasteiger partial charge in [0.25, 0.3) is 11.7 Å². The number of ketones is 1. The number of carbonyl (C=O) groups is 2. The first-order valence-corrected chi connectivity index (χ1v) is 10.9. The number of Topliss-reactive ketones (excluding diaryl/α,β-unsaturated/α-hetero) is 1. The van der Waals surface area contributed by atoms with E-state index in [1.807, 2.05) is 30.3 Å². The number of amides is 1. The van der Waals surface area contributed by atoms with Crippen molar-refractivity contribution < 1.29 is 19.4 Å². The normalized spacial score (nSPS) is 17.7. The van der Waals surface area contributed by atoms with Crippen molar-refractivity contribution in [1.82, 2.24) is 9.80 Å². The number of likely N-dealkylation sites (tertiary alicyclic amines) is 1. The molecule has 0 aliphatic carbocycles. The van der Waals surface area contributed by atoms with Gasteiger partial charge in [0.2, 0.25) is 0 Å². The van der Waals surface area contributed by atoms with Crippen molar-refractivity contribution in [3.8, 4) is 5.75 Å². The summed E-state index contributed by atoms with van der Waals surface area (Å²) in [7, 11) is 0. The van der Waals surface area contributed by atoms with E-state index in [1.54, 1.807) is 35.2 Å². The highest BCUT2D eigenvalue weighted by Crippen LogP contribution is 2.40. The molecule has 6 nitrogen and oxygen atoms in total. The minimum atomic E-state index is -0.696. The Morgan fingerprint density at radius 3 is 2.50 bits per heavy atom. The lowest BCUT2D eigenvalue weighted by Crippen LogP contribution is -2.38. The molecule has 6 heteroatoms. The Bertz CT molecular complexity index is 996. The van der Waals surface area contributed by atoms with Crippen molar-refractivity contribution in [2.24, 2.45) is 0 Å². The van der Waals surface area contributed by atoms with Gasteiger partial charge in [0, 0.05) is 18.7 Å². The molecule has 1 heterocycles. The maximum atomic E-state index is 13.1. The Labute approximate surface area is 189 Å². The summed E-state index contributed by atoms with van der Waals surface area (Å²) in [5, 5.41) is 11.1. The van der Waals surface area contributed by atoms with E-state index < -0.39 is 17.7 Å². The van der Waals surface area contributed by atoms with E-state index in [0.29, 0.717) is 36.6 Å². The molecule has 1 unspecified atom stereocenters. The van der Waals surface area contributed by atoms with E-state index in [2.05, 4.69) is 25.3 Å². The zero-order chi connectivity index (χ0) is 23.1. The molecular weight excluding hydrogens is 404 g/mol. The van der Waals surface area contributed by atoms with E-state index in [0.717, 1.165) is 13.1 Å². The first-order chi connectivity index (χ1) is 15.5. The topological polar surface area (TPSA) is 70.1 Å². The van der Waals surface area contributed by atoms with Gasteiger partial charge in [-0.1, -0.05) is 69.0 Å². The number of benzene rings is 2. The molecule has 32 heavy (non-hydrogen) atoms. The first kappa shape index (κ1) is 23.3. The Kier molecular flexibility index (Phi) is 7.84. The number of likely N-dealkylation sites (N-methyl/N-ethyl adjacent to an activating group) is 1. The fourth-order valence-electron chi connectivity index (χ4n) is 3.93. The van der Waals surface area contributed by atoms with Gasteiger partial charge in [0.05, 0.1) is 11.6 Å². The van der Waals surface area contributed by atoms with Gasteiger partial charge in [0.1, 0.15) is 18.1 Å². The summed E-state index contributed by atoms with van der Waals surface area (Å²) in [4.78, 5) is 29.9. The van der Waals surface area contributed by atoms with E-state index in [-0.39, 0.29) is 11.3 Å². The molecule has 0 radical (unpaired) electrons. The molecule has 1 amide bonds. The summed E-state index contributed by atoms with van der Waals surface area (Å²) in [6.07, 6.45) is 1.65. The number of hydrogen-bond donors (Lipinski definition) is 1. The molecule has 1 N–H and O–H groups in total. The zero-order valence-electron chi connectivity index (χ0n) is 18.7. The van der Waals surface area contributed by atoms with Gasteiger partial charge < -0.3 is 19.6 Å². The van der Waals surface area contributed by atoms with Crippen LogP contribution in [0.15, 0.2) is 72.8 Å². The maximum absolute atomic E-state index is 13.1. The lowest BCUT2D eigenvalue weighted by atomic mass is 9.95. The molecule has 0 bridgehead atoms. The average Bonchev–Trinajstić information content (AvgIpc) is 3.08. The summed E-state index contributed by atoms with van der Waals surface area (Å²) >= 11 is 0. The van der Waals surface area contributed by atoms with E-state index in [4.69, 9.17) is 4.74 Å². The third kappa shape index (κ3) is 4.92. The number of hydrogen-bond acceptors (Lipinski definition) is 5. The van der Waals surface area contributed by atoms with Crippen LogP contribution in [0, 0.1) is 0 Å². The molecule has 1 atom stereocenters. The van der Waals surface area contributed by atoms with Crippen molar-refractivity contribution in [2.75, 3.05) is 32.8 Å². The number of aliphatic hydroxyl groups excluding tert-OH is 1. The summed E-state index contributed by atoms with van der Waals surface area (Å²) < 4.78 is 5.66. The van der Waals surface area contributed by atoms with Gasteiger partial charge in [-0.3, -0.25) is 9.59 Å². The van der Waals surface area contributed by atoms with Gasteiger partial charge in [-0.15, -0.1) is 0 Å². The van der Waals surface area contributed by atoms with Crippen molar-refractivity contribution in [3.05, 3.63) is 84.0 Å². The van der Waals surface area contributed by atoms with Crippen molar-refractivity contribution in [1.29, 1.82) is 0 Å². The number of ether oxygens (including phenoxy) is 1. The average molecular weight is 435 g/mol. The summed E-state index contributed by atoms with van der Waals surface area (Å²) in [5.74, 6) is -0.835. The van der Waals surface area contributed by atoms with Crippen LogP contribution in [0.5, 0.6) is 5.75 Å². The molecular formula is C26H30N2O4. The van der Waals surface area contributed by atoms with Crippen LogP contribution in [0.1, 0.15) is 31.0 Å².